The summed E-state index contributed by atoms with van der Waals surface area (Å²) in [5.41, 5.74) is 6.68. The van der Waals surface area contributed by atoms with Crippen molar-refractivity contribution in [3.8, 4) is 0 Å². The number of benzene rings is 2. The summed E-state index contributed by atoms with van der Waals surface area (Å²) in [6, 6.07) is 6.71. The normalized spacial score (nSPS) is 17.6. The van der Waals surface area contributed by atoms with Gasteiger partial charge in [0.2, 0.25) is 0 Å². The van der Waals surface area contributed by atoms with E-state index in [0.29, 0.717) is 12.2 Å². The van der Waals surface area contributed by atoms with Gasteiger partial charge in [0, 0.05) is 12.0 Å². The zero-order valence-electron chi connectivity index (χ0n) is 11.4. The van der Waals surface area contributed by atoms with Crippen LogP contribution in [0.2, 0.25) is 0 Å². The number of carbonyl (C=O) groups excluding carboxylic acids is 1. The van der Waals surface area contributed by atoms with Gasteiger partial charge in [0.1, 0.15) is 0 Å². The monoisotopic (exact) mass is 250 g/mol. The standard InChI is InChI=1S/C18H18O/c1-11-10-16-14(8-9-17(16)19)15-7-6-12-4-2-3-5-13(12)18(11)15/h6-7,10H,2-5,8-9H2,1H3. The first kappa shape index (κ1) is 11.2. The molecule has 2 aliphatic rings. The molecular weight excluding hydrogens is 232 g/mol. The maximum atomic E-state index is 12.0. The van der Waals surface area contributed by atoms with E-state index in [0.717, 1.165) is 12.0 Å². The van der Waals surface area contributed by atoms with E-state index in [1.165, 1.54) is 53.1 Å². The lowest BCUT2D eigenvalue weighted by molar-refractivity contribution is 0.0994. The Morgan fingerprint density at radius 3 is 2.68 bits per heavy atom. The fourth-order valence-electron chi connectivity index (χ4n) is 3.94. The summed E-state index contributed by atoms with van der Waals surface area (Å²) in [7, 11) is 0. The molecule has 0 spiro atoms. The first-order valence-electron chi connectivity index (χ1n) is 7.36. The van der Waals surface area contributed by atoms with Gasteiger partial charge in [-0.05, 0) is 78.1 Å². The number of carbonyl (C=O) groups is 1. The highest BCUT2D eigenvalue weighted by Gasteiger charge is 2.24. The number of hydrogen-bond acceptors (Lipinski definition) is 1. The van der Waals surface area contributed by atoms with Crippen molar-refractivity contribution in [1.82, 2.24) is 0 Å². The molecule has 1 nitrogen and oxygen atoms in total. The van der Waals surface area contributed by atoms with Gasteiger partial charge in [-0.25, -0.2) is 0 Å². The molecule has 2 aromatic carbocycles. The minimum absolute atomic E-state index is 0.331. The van der Waals surface area contributed by atoms with E-state index in [-0.39, 0.29) is 0 Å². The van der Waals surface area contributed by atoms with Gasteiger partial charge >= 0.3 is 0 Å². The van der Waals surface area contributed by atoms with Gasteiger partial charge in [0.15, 0.2) is 5.78 Å². The largest absolute Gasteiger partial charge is 0.294 e. The third-order valence-corrected chi connectivity index (χ3v) is 4.84. The average Bonchev–Trinajstić information content (AvgIpc) is 2.80. The lowest BCUT2D eigenvalue weighted by Gasteiger charge is -2.20. The van der Waals surface area contributed by atoms with Crippen molar-refractivity contribution in [2.45, 2.75) is 45.4 Å². The zero-order valence-corrected chi connectivity index (χ0v) is 11.4. The van der Waals surface area contributed by atoms with Gasteiger partial charge in [0.25, 0.3) is 0 Å². The summed E-state index contributed by atoms with van der Waals surface area (Å²) in [6.45, 7) is 2.17. The quantitative estimate of drug-likeness (QED) is 0.686. The minimum Gasteiger partial charge on any atom is -0.294 e. The molecule has 19 heavy (non-hydrogen) atoms. The van der Waals surface area contributed by atoms with Crippen molar-refractivity contribution in [2.24, 2.45) is 0 Å². The SMILES string of the molecule is Cc1cc2c(c3ccc4c(c13)CCCC4)CCC2=O. The lowest BCUT2D eigenvalue weighted by atomic mass is 9.84. The molecule has 0 aliphatic heterocycles. The Bertz CT molecular complexity index is 709. The fraction of sp³-hybridized carbons (Fsp3) is 0.389. The summed E-state index contributed by atoms with van der Waals surface area (Å²) in [6.07, 6.45) is 6.69. The molecule has 2 aliphatic carbocycles. The highest BCUT2D eigenvalue weighted by Crippen LogP contribution is 2.37. The van der Waals surface area contributed by atoms with E-state index in [1.54, 1.807) is 5.56 Å². The molecule has 0 saturated carbocycles. The van der Waals surface area contributed by atoms with E-state index in [4.69, 9.17) is 0 Å². The van der Waals surface area contributed by atoms with Crippen LogP contribution < -0.4 is 0 Å². The Labute approximate surface area is 113 Å². The van der Waals surface area contributed by atoms with Crippen LogP contribution in [-0.2, 0) is 19.3 Å². The van der Waals surface area contributed by atoms with Crippen LogP contribution in [0.4, 0.5) is 0 Å². The molecule has 0 atom stereocenters. The number of fused-ring (bicyclic) bond motifs is 5. The molecule has 0 amide bonds. The van der Waals surface area contributed by atoms with Crippen LogP contribution in [0.5, 0.6) is 0 Å². The minimum atomic E-state index is 0.331. The van der Waals surface area contributed by atoms with Crippen molar-refractivity contribution in [3.63, 3.8) is 0 Å². The number of Topliss-reactive ketones (excluding diaryl/α,β-unsaturated/α-hetero) is 1. The predicted octanol–water partition coefficient (Wildman–Crippen LogP) is 4.16. The average molecular weight is 250 g/mol. The number of rotatable bonds is 0. The van der Waals surface area contributed by atoms with Gasteiger partial charge in [-0.15, -0.1) is 0 Å². The summed E-state index contributed by atoms with van der Waals surface area (Å²) in [5, 5.41) is 2.80. The van der Waals surface area contributed by atoms with Crippen molar-refractivity contribution >= 4 is 16.6 Å². The van der Waals surface area contributed by atoms with E-state index in [1.807, 2.05) is 0 Å². The van der Waals surface area contributed by atoms with Gasteiger partial charge < -0.3 is 0 Å². The predicted molar refractivity (Wildman–Crippen MR) is 78.0 cm³/mol. The smallest absolute Gasteiger partial charge is 0.163 e. The number of ketones is 1. The van der Waals surface area contributed by atoms with E-state index in [9.17, 15) is 4.79 Å². The Kier molecular flexibility index (Phi) is 2.32. The van der Waals surface area contributed by atoms with Gasteiger partial charge in [-0.1, -0.05) is 12.1 Å². The van der Waals surface area contributed by atoms with Crippen molar-refractivity contribution in [1.29, 1.82) is 0 Å². The Morgan fingerprint density at radius 1 is 0.947 bits per heavy atom. The van der Waals surface area contributed by atoms with Crippen LogP contribution in [0.3, 0.4) is 0 Å². The van der Waals surface area contributed by atoms with Crippen molar-refractivity contribution in [2.75, 3.05) is 0 Å². The van der Waals surface area contributed by atoms with Crippen LogP contribution in [0.1, 0.15) is 51.9 Å². The first-order valence-corrected chi connectivity index (χ1v) is 7.36. The first-order chi connectivity index (χ1) is 9.25. The molecule has 96 valence electrons. The molecule has 0 fully saturated rings. The molecule has 0 N–H and O–H groups in total. The second-order valence-corrected chi connectivity index (χ2v) is 5.98. The summed E-state index contributed by atoms with van der Waals surface area (Å²) < 4.78 is 0. The second kappa shape index (κ2) is 3.93. The number of hydrogen-bond donors (Lipinski definition) is 0. The zero-order chi connectivity index (χ0) is 13.0. The van der Waals surface area contributed by atoms with Crippen LogP contribution >= 0.6 is 0 Å². The van der Waals surface area contributed by atoms with E-state index in [2.05, 4.69) is 25.1 Å². The van der Waals surface area contributed by atoms with Crippen LogP contribution in [0, 0.1) is 6.92 Å². The highest BCUT2D eigenvalue weighted by molar-refractivity contribution is 6.07. The Hall–Kier alpha value is -1.63. The third kappa shape index (κ3) is 1.51. The topological polar surface area (TPSA) is 17.1 Å². The van der Waals surface area contributed by atoms with E-state index < -0.39 is 0 Å². The van der Waals surface area contributed by atoms with E-state index >= 15 is 0 Å². The lowest BCUT2D eigenvalue weighted by Crippen LogP contribution is -2.05. The van der Waals surface area contributed by atoms with Gasteiger partial charge in [-0.2, -0.15) is 0 Å². The summed E-state index contributed by atoms with van der Waals surface area (Å²) in [4.78, 5) is 12.0. The number of aryl methyl sites for hydroxylation is 4. The van der Waals surface area contributed by atoms with Crippen molar-refractivity contribution in [3.05, 3.63) is 46.0 Å². The maximum Gasteiger partial charge on any atom is 0.163 e. The van der Waals surface area contributed by atoms with Gasteiger partial charge in [0.05, 0.1) is 0 Å². The molecule has 0 bridgehead atoms. The van der Waals surface area contributed by atoms with Crippen LogP contribution in [0.25, 0.3) is 10.8 Å². The molecule has 1 heteroatoms. The maximum absolute atomic E-state index is 12.0. The van der Waals surface area contributed by atoms with Gasteiger partial charge in [-0.3, -0.25) is 4.79 Å². The Balaban J connectivity index is 2.12. The second-order valence-electron chi connectivity index (χ2n) is 5.98. The molecule has 0 aromatic heterocycles. The van der Waals surface area contributed by atoms with Crippen molar-refractivity contribution < 1.29 is 4.79 Å². The molecule has 0 radical (unpaired) electrons. The van der Waals surface area contributed by atoms with Crippen LogP contribution in [-0.4, -0.2) is 5.78 Å². The van der Waals surface area contributed by atoms with Crippen LogP contribution in [0.15, 0.2) is 18.2 Å². The molecular formula is C18H18O. The molecule has 0 saturated heterocycles. The molecule has 0 heterocycles. The Morgan fingerprint density at radius 2 is 1.79 bits per heavy atom. The fourth-order valence-corrected chi connectivity index (χ4v) is 3.94. The molecule has 0 unspecified atom stereocenters. The third-order valence-electron chi connectivity index (χ3n) is 4.84. The molecule has 4 rings (SSSR count). The highest BCUT2D eigenvalue weighted by atomic mass is 16.1. The summed E-state index contributed by atoms with van der Waals surface area (Å²) >= 11 is 0. The molecule has 2 aromatic rings. The summed E-state index contributed by atoms with van der Waals surface area (Å²) in [5.74, 6) is 0.331.